The van der Waals surface area contributed by atoms with Crippen molar-refractivity contribution in [1.29, 1.82) is 0 Å². The van der Waals surface area contributed by atoms with Gasteiger partial charge in [-0.15, -0.1) is 0 Å². The van der Waals surface area contributed by atoms with Gasteiger partial charge in [0.2, 0.25) is 0 Å². The van der Waals surface area contributed by atoms with E-state index in [-0.39, 0.29) is 24.2 Å². The maximum Gasteiger partial charge on any atom is 0.161 e. The van der Waals surface area contributed by atoms with E-state index < -0.39 is 0 Å². The molecule has 1 heterocycles. The van der Waals surface area contributed by atoms with Gasteiger partial charge in [-0.25, -0.2) is 0 Å². The van der Waals surface area contributed by atoms with E-state index >= 15 is 0 Å². The van der Waals surface area contributed by atoms with E-state index in [1.54, 1.807) is 0 Å². The molecule has 1 unspecified atom stereocenters. The predicted molar refractivity (Wildman–Crippen MR) is 153 cm³/mol. The van der Waals surface area contributed by atoms with Crippen LogP contribution in [-0.4, -0.2) is 27.8 Å². The SMILES string of the molecule is Cc1cccc(C(CC(=O)CC2CCC(C(=O)CO)CC2)c2cn(CC3CCCCC3)c3ccccc23)c1. The van der Waals surface area contributed by atoms with Crippen molar-refractivity contribution in [2.75, 3.05) is 6.61 Å². The summed E-state index contributed by atoms with van der Waals surface area (Å²) in [5.41, 5.74) is 4.99. The van der Waals surface area contributed by atoms with Gasteiger partial charge in [0.25, 0.3) is 0 Å². The van der Waals surface area contributed by atoms with E-state index in [0.29, 0.717) is 24.5 Å². The van der Waals surface area contributed by atoms with Gasteiger partial charge in [0.1, 0.15) is 12.4 Å². The fourth-order valence-electron chi connectivity index (χ4n) is 7.10. The minimum absolute atomic E-state index is 0.0262. The number of aliphatic hydroxyl groups excluding tert-OH is 1. The van der Waals surface area contributed by atoms with E-state index in [1.807, 2.05) is 0 Å². The highest BCUT2D eigenvalue weighted by Gasteiger charge is 2.29. The highest BCUT2D eigenvalue weighted by Crippen LogP contribution is 2.38. The number of hydrogen-bond donors (Lipinski definition) is 1. The van der Waals surface area contributed by atoms with Crippen molar-refractivity contribution >= 4 is 22.5 Å². The van der Waals surface area contributed by atoms with Gasteiger partial charge in [-0.1, -0.05) is 67.3 Å². The molecule has 0 bridgehead atoms. The molecule has 202 valence electrons. The molecule has 38 heavy (non-hydrogen) atoms. The molecule has 0 spiro atoms. The zero-order valence-electron chi connectivity index (χ0n) is 22.9. The van der Waals surface area contributed by atoms with Gasteiger partial charge < -0.3 is 9.67 Å². The normalized spacial score (nSPS) is 21.4. The standard InChI is InChI=1S/C34H43NO3/c1-24-8-7-11-28(18-24)31(20-29(37)19-25-14-16-27(17-15-25)34(38)23-36)32-22-35(21-26-9-3-2-4-10-26)33-13-6-5-12-30(32)33/h5-8,11-13,18,22,25-27,31,36H,2-4,9-10,14-17,19-21,23H2,1H3. The van der Waals surface area contributed by atoms with Crippen molar-refractivity contribution in [1.82, 2.24) is 4.57 Å². The van der Waals surface area contributed by atoms with Crippen LogP contribution in [0.15, 0.2) is 54.7 Å². The van der Waals surface area contributed by atoms with Crippen molar-refractivity contribution in [2.24, 2.45) is 17.8 Å². The third kappa shape index (κ3) is 6.29. The van der Waals surface area contributed by atoms with Crippen LogP contribution in [0.2, 0.25) is 0 Å². The van der Waals surface area contributed by atoms with E-state index in [0.717, 1.165) is 38.1 Å². The summed E-state index contributed by atoms with van der Waals surface area (Å²) in [6.45, 7) is 2.83. The monoisotopic (exact) mass is 513 g/mol. The molecule has 4 heteroatoms. The Bertz CT molecular complexity index is 1240. The molecule has 5 rings (SSSR count). The van der Waals surface area contributed by atoms with Gasteiger partial charge in [-0.2, -0.15) is 0 Å². The first-order valence-electron chi connectivity index (χ1n) is 14.8. The fourth-order valence-corrected chi connectivity index (χ4v) is 7.10. The number of aliphatic hydroxyl groups is 1. The summed E-state index contributed by atoms with van der Waals surface area (Å²) in [5.74, 6) is 1.36. The number of hydrogen-bond acceptors (Lipinski definition) is 3. The van der Waals surface area contributed by atoms with Gasteiger partial charge >= 0.3 is 0 Å². The van der Waals surface area contributed by atoms with Crippen LogP contribution in [0.5, 0.6) is 0 Å². The second-order valence-corrected chi connectivity index (χ2v) is 12.0. The second-order valence-electron chi connectivity index (χ2n) is 12.0. The Hall–Kier alpha value is -2.72. The number of fused-ring (bicyclic) bond motifs is 1. The average molecular weight is 514 g/mol. The molecule has 0 saturated heterocycles. The van der Waals surface area contributed by atoms with Gasteiger partial charge in [0.05, 0.1) is 0 Å². The molecular formula is C34H43NO3. The van der Waals surface area contributed by atoms with Gasteiger partial charge in [-0.3, -0.25) is 9.59 Å². The number of rotatable bonds is 10. The summed E-state index contributed by atoms with van der Waals surface area (Å²) in [4.78, 5) is 25.5. The van der Waals surface area contributed by atoms with Crippen LogP contribution in [0.25, 0.3) is 10.9 Å². The summed E-state index contributed by atoms with van der Waals surface area (Å²) >= 11 is 0. The Labute approximate surface area is 227 Å². The van der Waals surface area contributed by atoms with Crippen molar-refractivity contribution in [3.05, 3.63) is 71.4 Å². The summed E-state index contributed by atoms with van der Waals surface area (Å²) in [6.07, 6.45) is 13.5. The lowest BCUT2D eigenvalue weighted by atomic mass is 9.77. The Balaban J connectivity index is 1.39. The summed E-state index contributed by atoms with van der Waals surface area (Å²) in [7, 11) is 0. The molecule has 1 aromatic heterocycles. The Kier molecular flexibility index (Phi) is 8.79. The molecule has 1 N–H and O–H groups in total. The second kappa shape index (κ2) is 12.4. The minimum atomic E-state index is -0.360. The van der Waals surface area contributed by atoms with E-state index in [9.17, 15) is 14.7 Å². The summed E-state index contributed by atoms with van der Waals surface area (Å²) in [6, 6.07) is 17.4. The number of aromatic nitrogens is 1. The van der Waals surface area contributed by atoms with Crippen LogP contribution in [0.3, 0.4) is 0 Å². The summed E-state index contributed by atoms with van der Waals surface area (Å²) < 4.78 is 2.47. The molecule has 2 aromatic carbocycles. The number of benzene rings is 2. The Morgan fingerprint density at radius 2 is 1.68 bits per heavy atom. The molecular weight excluding hydrogens is 470 g/mol. The number of carbonyl (C=O) groups is 2. The number of ketones is 2. The maximum atomic E-state index is 13.6. The van der Waals surface area contributed by atoms with Crippen LogP contribution in [-0.2, 0) is 16.1 Å². The molecule has 3 aromatic rings. The molecule has 2 saturated carbocycles. The first kappa shape index (κ1) is 26.9. The number of nitrogens with zero attached hydrogens (tertiary/aromatic N) is 1. The molecule has 2 aliphatic rings. The zero-order chi connectivity index (χ0) is 26.5. The fraction of sp³-hybridized carbons (Fsp3) is 0.529. The predicted octanol–water partition coefficient (Wildman–Crippen LogP) is 7.38. The largest absolute Gasteiger partial charge is 0.389 e. The highest BCUT2D eigenvalue weighted by atomic mass is 16.3. The average Bonchev–Trinajstić information content (AvgIpc) is 3.30. The molecule has 1 atom stereocenters. The van der Waals surface area contributed by atoms with Crippen molar-refractivity contribution < 1.29 is 14.7 Å². The van der Waals surface area contributed by atoms with Crippen LogP contribution in [0, 0.1) is 24.7 Å². The number of para-hydroxylation sites is 1. The number of Topliss-reactive ketones (excluding diaryl/α,β-unsaturated/α-hetero) is 2. The number of aryl methyl sites for hydroxylation is 1. The number of carbonyl (C=O) groups excluding carboxylic acids is 2. The smallest absolute Gasteiger partial charge is 0.161 e. The van der Waals surface area contributed by atoms with Gasteiger partial charge in [0, 0.05) is 48.3 Å². The lowest BCUT2D eigenvalue weighted by molar-refractivity contribution is -0.126. The molecule has 0 radical (unpaired) electrons. The zero-order valence-corrected chi connectivity index (χ0v) is 22.9. The van der Waals surface area contributed by atoms with Gasteiger partial charge in [-0.05, 0) is 74.5 Å². The van der Waals surface area contributed by atoms with Crippen molar-refractivity contribution in [3.8, 4) is 0 Å². The molecule has 0 amide bonds. The molecule has 2 fully saturated rings. The van der Waals surface area contributed by atoms with Crippen LogP contribution in [0.1, 0.15) is 93.2 Å². The van der Waals surface area contributed by atoms with E-state index in [1.165, 1.54) is 59.7 Å². The topological polar surface area (TPSA) is 59.3 Å². The maximum absolute atomic E-state index is 13.6. The quantitative estimate of drug-likeness (QED) is 0.308. The van der Waals surface area contributed by atoms with Crippen LogP contribution < -0.4 is 0 Å². The third-order valence-electron chi connectivity index (χ3n) is 9.23. The molecule has 4 nitrogen and oxygen atoms in total. The first-order valence-corrected chi connectivity index (χ1v) is 14.8. The lowest BCUT2D eigenvalue weighted by Gasteiger charge is -2.27. The third-order valence-corrected chi connectivity index (χ3v) is 9.23. The van der Waals surface area contributed by atoms with E-state index in [4.69, 9.17) is 0 Å². The molecule has 0 aliphatic heterocycles. The highest BCUT2D eigenvalue weighted by molar-refractivity contribution is 5.87. The van der Waals surface area contributed by atoms with Crippen LogP contribution in [0.4, 0.5) is 0 Å². The lowest BCUT2D eigenvalue weighted by Crippen LogP contribution is -2.25. The first-order chi connectivity index (χ1) is 18.5. The summed E-state index contributed by atoms with van der Waals surface area (Å²) in [5, 5.41) is 10.5. The van der Waals surface area contributed by atoms with Gasteiger partial charge in [0.15, 0.2) is 5.78 Å². The van der Waals surface area contributed by atoms with E-state index in [2.05, 4.69) is 66.2 Å². The van der Waals surface area contributed by atoms with Crippen molar-refractivity contribution in [3.63, 3.8) is 0 Å². The van der Waals surface area contributed by atoms with Crippen molar-refractivity contribution in [2.45, 2.75) is 90.0 Å². The minimum Gasteiger partial charge on any atom is -0.389 e. The molecule has 2 aliphatic carbocycles. The Morgan fingerprint density at radius 3 is 2.42 bits per heavy atom. The Morgan fingerprint density at radius 1 is 0.921 bits per heavy atom. The van der Waals surface area contributed by atoms with Crippen LogP contribution >= 0.6 is 0 Å².